The molecule has 0 aliphatic rings. The molecule has 0 heterocycles. The van der Waals surface area contributed by atoms with Crippen molar-refractivity contribution in [2.24, 2.45) is 10.2 Å². The van der Waals surface area contributed by atoms with E-state index in [1.165, 1.54) is 5.56 Å². The molecule has 0 bridgehead atoms. The fraction of sp³-hybridized carbons (Fsp3) is 0.294. The van der Waals surface area contributed by atoms with Crippen LogP contribution in [0.2, 0.25) is 0 Å². The van der Waals surface area contributed by atoms with Gasteiger partial charge in [-0.3, -0.25) is 0 Å². The van der Waals surface area contributed by atoms with Crippen LogP contribution in [0, 0.1) is 0 Å². The molecule has 2 rings (SSSR count). The molecule has 0 spiro atoms. The molecule has 0 aliphatic heterocycles. The maximum atomic E-state index is 4.66. The minimum Gasteiger partial charge on any atom is -0.177 e. The summed E-state index contributed by atoms with van der Waals surface area (Å²) in [5.74, 6) is 0. The van der Waals surface area contributed by atoms with Gasteiger partial charge in [-0.1, -0.05) is 62.4 Å². The molecule has 2 heteroatoms. The summed E-state index contributed by atoms with van der Waals surface area (Å²) in [5, 5.41) is 9.08. The normalized spacial score (nSPS) is 11.9. The second-order valence-corrected chi connectivity index (χ2v) is 4.64. The molecule has 0 saturated carbocycles. The molecule has 98 valence electrons. The minimum absolute atomic E-state index is 0.211. The summed E-state index contributed by atoms with van der Waals surface area (Å²) < 4.78 is 0. The fourth-order valence-corrected chi connectivity index (χ4v) is 2.25. The van der Waals surface area contributed by atoms with Crippen LogP contribution < -0.4 is 0 Å². The van der Waals surface area contributed by atoms with Crippen molar-refractivity contribution in [1.29, 1.82) is 0 Å². The SMILES string of the molecule is CCC(CC)(N=Nc1ccccc1)c1ccccc1. The molecular formula is C17H20N2. The smallest absolute Gasteiger partial charge is 0.106 e. The second kappa shape index (κ2) is 6.28. The summed E-state index contributed by atoms with van der Waals surface area (Å²) in [5.41, 5.74) is 1.93. The maximum absolute atomic E-state index is 4.66. The number of benzene rings is 2. The Morgan fingerprint density at radius 2 is 1.32 bits per heavy atom. The lowest BCUT2D eigenvalue weighted by atomic mass is 9.86. The first-order chi connectivity index (χ1) is 9.30. The van der Waals surface area contributed by atoms with E-state index in [9.17, 15) is 0 Å². The third-order valence-corrected chi connectivity index (χ3v) is 3.59. The van der Waals surface area contributed by atoms with Crippen LogP contribution in [-0.2, 0) is 5.54 Å². The van der Waals surface area contributed by atoms with Gasteiger partial charge < -0.3 is 0 Å². The number of rotatable bonds is 5. The van der Waals surface area contributed by atoms with E-state index >= 15 is 0 Å². The molecule has 0 saturated heterocycles. The van der Waals surface area contributed by atoms with Crippen LogP contribution in [0.1, 0.15) is 32.3 Å². The molecule has 2 aromatic rings. The average Bonchev–Trinajstić information content (AvgIpc) is 2.51. The molecule has 0 fully saturated rings. The van der Waals surface area contributed by atoms with Crippen molar-refractivity contribution >= 4 is 5.69 Å². The van der Waals surface area contributed by atoms with Crippen molar-refractivity contribution < 1.29 is 0 Å². The maximum Gasteiger partial charge on any atom is 0.106 e. The van der Waals surface area contributed by atoms with Crippen molar-refractivity contribution in [3.8, 4) is 0 Å². The summed E-state index contributed by atoms with van der Waals surface area (Å²) in [4.78, 5) is 0. The summed E-state index contributed by atoms with van der Waals surface area (Å²) in [6.07, 6.45) is 1.90. The minimum atomic E-state index is -0.211. The van der Waals surface area contributed by atoms with Crippen molar-refractivity contribution in [2.45, 2.75) is 32.2 Å². The van der Waals surface area contributed by atoms with E-state index in [0.29, 0.717) is 0 Å². The summed E-state index contributed by atoms with van der Waals surface area (Å²) >= 11 is 0. The molecule has 2 nitrogen and oxygen atoms in total. The Balaban J connectivity index is 2.33. The molecule has 0 amide bonds. The van der Waals surface area contributed by atoms with E-state index in [1.807, 2.05) is 36.4 Å². The van der Waals surface area contributed by atoms with Gasteiger partial charge in [0.05, 0.1) is 5.69 Å². The van der Waals surface area contributed by atoms with Crippen LogP contribution in [0.4, 0.5) is 5.69 Å². The Kier molecular flexibility index (Phi) is 4.45. The van der Waals surface area contributed by atoms with E-state index in [0.717, 1.165) is 18.5 Å². The van der Waals surface area contributed by atoms with Gasteiger partial charge in [0.1, 0.15) is 5.54 Å². The number of nitrogens with zero attached hydrogens (tertiary/aromatic N) is 2. The highest BCUT2D eigenvalue weighted by molar-refractivity contribution is 5.35. The lowest BCUT2D eigenvalue weighted by molar-refractivity contribution is 0.397. The monoisotopic (exact) mass is 252 g/mol. The molecule has 0 aromatic heterocycles. The fourth-order valence-electron chi connectivity index (χ4n) is 2.25. The first kappa shape index (κ1) is 13.5. The van der Waals surface area contributed by atoms with Crippen LogP contribution in [0.25, 0.3) is 0 Å². The first-order valence-corrected chi connectivity index (χ1v) is 6.84. The van der Waals surface area contributed by atoms with E-state index in [2.05, 4.69) is 48.3 Å². The van der Waals surface area contributed by atoms with Crippen molar-refractivity contribution in [2.75, 3.05) is 0 Å². The highest BCUT2D eigenvalue weighted by atomic mass is 15.2. The van der Waals surface area contributed by atoms with Crippen LogP contribution >= 0.6 is 0 Å². The number of hydrogen-bond donors (Lipinski definition) is 0. The van der Waals surface area contributed by atoms with Gasteiger partial charge in [0.25, 0.3) is 0 Å². The quantitative estimate of drug-likeness (QED) is 0.629. The molecule has 0 radical (unpaired) electrons. The predicted molar refractivity (Wildman–Crippen MR) is 79.7 cm³/mol. The van der Waals surface area contributed by atoms with Crippen molar-refractivity contribution in [1.82, 2.24) is 0 Å². The van der Waals surface area contributed by atoms with Gasteiger partial charge in [-0.25, -0.2) is 0 Å². The lowest BCUT2D eigenvalue weighted by Gasteiger charge is -2.26. The topological polar surface area (TPSA) is 24.7 Å². The van der Waals surface area contributed by atoms with Crippen LogP contribution in [0.15, 0.2) is 70.9 Å². The second-order valence-electron chi connectivity index (χ2n) is 4.64. The number of azo groups is 1. The Labute approximate surface area is 115 Å². The van der Waals surface area contributed by atoms with E-state index in [1.54, 1.807) is 0 Å². The summed E-state index contributed by atoms with van der Waals surface area (Å²) in [6.45, 7) is 4.33. The zero-order valence-corrected chi connectivity index (χ0v) is 11.6. The van der Waals surface area contributed by atoms with Crippen LogP contribution in [-0.4, -0.2) is 0 Å². The standard InChI is InChI=1S/C17H20N2/c1-3-17(4-2,15-11-7-5-8-12-15)19-18-16-13-9-6-10-14-16/h5-14H,3-4H2,1-2H3. The van der Waals surface area contributed by atoms with Crippen molar-refractivity contribution in [3.05, 3.63) is 66.2 Å². The first-order valence-electron chi connectivity index (χ1n) is 6.84. The van der Waals surface area contributed by atoms with Gasteiger partial charge in [0, 0.05) is 0 Å². The highest BCUT2D eigenvalue weighted by Gasteiger charge is 2.27. The zero-order valence-electron chi connectivity index (χ0n) is 11.6. The molecule has 0 unspecified atom stereocenters. The summed E-state index contributed by atoms with van der Waals surface area (Å²) in [6, 6.07) is 20.3. The molecule has 0 aliphatic carbocycles. The Morgan fingerprint density at radius 1 is 0.789 bits per heavy atom. The average molecular weight is 252 g/mol. The van der Waals surface area contributed by atoms with E-state index in [-0.39, 0.29) is 5.54 Å². The Hall–Kier alpha value is -1.96. The zero-order chi connectivity index (χ0) is 13.6. The van der Waals surface area contributed by atoms with Gasteiger partial charge in [-0.2, -0.15) is 10.2 Å². The van der Waals surface area contributed by atoms with Gasteiger partial charge >= 0.3 is 0 Å². The van der Waals surface area contributed by atoms with Gasteiger partial charge in [-0.15, -0.1) is 0 Å². The molecular weight excluding hydrogens is 232 g/mol. The highest BCUT2D eigenvalue weighted by Crippen LogP contribution is 2.34. The third kappa shape index (κ3) is 3.08. The molecule has 0 N–H and O–H groups in total. The molecule has 0 atom stereocenters. The third-order valence-electron chi connectivity index (χ3n) is 3.59. The molecule has 19 heavy (non-hydrogen) atoms. The Bertz CT molecular complexity index is 513. The van der Waals surface area contributed by atoms with Crippen LogP contribution in [0.3, 0.4) is 0 Å². The number of hydrogen-bond acceptors (Lipinski definition) is 2. The lowest BCUT2D eigenvalue weighted by Crippen LogP contribution is -2.20. The van der Waals surface area contributed by atoms with E-state index in [4.69, 9.17) is 0 Å². The predicted octanol–water partition coefficient (Wildman–Crippen LogP) is 5.49. The van der Waals surface area contributed by atoms with E-state index < -0.39 is 0 Å². The molecule has 2 aromatic carbocycles. The van der Waals surface area contributed by atoms with Gasteiger partial charge in [0.2, 0.25) is 0 Å². The van der Waals surface area contributed by atoms with Crippen LogP contribution in [0.5, 0.6) is 0 Å². The Morgan fingerprint density at radius 3 is 1.84 bits per heavy atom. The van der Waals surface area contributed by atoms with Gasteiger partial charge in [0.15, 0.2) is 0 Å². The summed E-state index contributed by atoms with van der Waals surface area (Å²) in [7, 11) is 0. The largest absolute Gasteiger partial charge is 0.177 e. The van der Waals surface area contributed by atoms with Crippen molar-refractivity contribution in [3.63, 3.8) is 0 Å². The van der Waals surface area contributed by atoms with Gasteiger partial charge in [-0.05, 0) is 30.5 Å².